The Morgan fingerprint density at radius 3 is 0.816 bits per heavy atom. The first kappa shape index (κ1) is 79.6. The third-order valence-corrected chi connectivity index (χ3v) is 30.5. The molecule has 7 fully saturated rings. The molecular weight excluding hydrogens is 1380 g/mol. The number of benzene rings is 9. The van der Waals surface area contributed by atoms with Crippen molar-refractivity contribution in [1.29, 1.82) is 0 Å². The molecule has 7 aliphatic rings. The molecule has 9 aromatic carbocycles. The fourth-order valence-electron chi connectivity index (χ4n) is 26.0. The summed E-state index contributed by atoms with van der Waals surface area (Å²) in [7, 11) is 0. The first-order valence-corrected chi connectivity index (χ1v) is 45.0. The SMILES string of the molecule is CC(C)c1cccc(C(C)C)c1N1C(Cn2c3ccccc3c3ccccc32)C(C)(C)CC1(C)C.CC(C)c1cccc(C(C)C)c1N1C(Cn2c3ccccc3c3ccccc32)C2(CC1(C)C)C1CC3CC(C1)CC2C3.CCC1(CC)CC(C)(C)N(c2c(C(C)C)cccc2C(C)C)C1Cn1c2ccccc2c2ccccc21. The van der Waals surface area contributed by atoms with E-state index in [1.54, 1.807) is 16.8 Å². The van der Waals surface area contributed by atoms with Crippen LogP contribution in [0.2, 0.25) is 0 Å². The molecule has 600 valence electrons. The fourth-order valence-corrected chi connectivity index (χ4v) is 26.0. The second-order valence-electron chi connectivity index (χ2n) is 41.3. The van der Waals surface area contributed by atoms with Gasteiger partial charge in [0.1, 0.15) is 0 Å². The molecule has 1 spiro atoms. The summed E-state index contributed by atoms with van der Waals surface area (Å²) in [4.78, 5) is 8.78. The Kier molecular flexibility index (Phi) is 21.0. The molecular formula is C108H138N6. The van der Waals surface area contributed by atoms with Crippen molar-refractivity contribution in [3.63, 3.8) is 0 Å². The average molecular weight is 1520 g/mol. The quantitative estimate of drug-likeness (QED) is 0.0908. The van der Waals surface area contributed by atoms with Crippen LogP contribution in [-0.2, 0) is 19.6 Å². The molecule has 4 saturated carbocycles. The molecule has 0 amide bonds. The minimum atomic E-state index is 0.0710. The molecule has 3 aliphatic heterocycles. The van der Waals surface area contributed by atoms with Crippen molar-refractivity contribution >= 4 is 82.5 Å². The van der Waals surface area contributed by atoms with E-state index in [4.69, 9.17) is 0 Å². The third-order valence-electron chi connectivity index (χ3n) is 30.5. The monoisotopic (exact) mass is 1520 g/mol. The van der Waals surface area contributed by atoms with E-state index in [1.165, 1.54) is 163 Å². The second kappa shape index (κ2) is 30.1. The lowest BCUT2D eigenvalue weighted by Gasteiger charge is -2.62. The summed E-state index contributed by atoms with van der Waals surface area (Å²) in [5.41, 5.74) is 22.9. The summed E-state index contributed by atoms with van der Waals surface area (Å²) >= 11 is 0. The van der Waals surface area contributed by atoms with Gasteiger partial charge in [-0.3, -0.25) is 0 Å². The van der Waals surface area contributed by atoms with Crippen molar-refractivity contribution < 1.29 is 0 Å². The van der Waals surface area contributed by atoms with Gasteiger partial charge in [0.05, 0.1) is 18.1 Å². The molecule has 19 rings (SSSR count). The normalized spacial score (nSPS) is 23.8. The molecule has 4 bridgehead atoms. The molecule has 3 unspecified atom stereocenters. The zero-order chi connectivity index (χ0) is 80.6. The molecule has 6 nitrogen and oxygen atoms in total. The number of hydrogen-bond donors (Lipinski definition) is 0. The Balaban J connectivity index is 0.000000130. The molecule has 0 radical (unpaired) electrons. The van der Waals surface area contributed by atoms with Crippen molar-refractivity contribution in [3.8, 4) is 0 Å². The predicted molar refractivity (Wildman–Crippen MR) is 493 cm³/mol. The predicted octanol–water partition coefficient (Wildman–Crippen LogP) is 29.6. The Morgan fingerprint density at radius 1 is 0.281 bits per heavy atom. The van der Waals surface area contributed by atoms with E-state index in [0.717, 1.165) is 43.3 Å². The Labute approximate surface area is 686 Å². The van der Waals surface area contributed by atoms with Crippen LogP contribution in [0, 0.1) is 39.9 Å². The number of fused-ring (bicyclic) bond motifs is 9. The van der Waals surface area contributed by atoms with Gasteiger partial charge >= 0.3 is 0 Å². The van der Waals surface area contributed by atoms with Gasteiger partial charge in [0.25, 0.3) is 0 Å². The summed E-state index contributed by atoms with van der Waals surface area (Å²) in [6, 6.07) is 76.8. The highest BCUT2D eigenvalue weighted by Gasteiger charge is 2.68. The molecule has 114 heavy (non-hydrogen) atoms. The lowest BCUT2D eigenvalue weighted by atomic mass is 9.43. The van der Waals surface area contributed by atoms with Crippen LogP contribution in [0.15, 0.2) is 200 Å². The van der Waals surface area contributed by atoms with Gasteiger partial charge in [-0.1, -0.05) is 275 Å². The van der Waals surface area contributed by atoms with Crippen LogP contribution in [-0.4, -0.2) is 48.4 Å². The second-order valence-corrected chi connectivity index (χ2v) is 41.3. The minimum Gasteiger partial charge on any atom is -0.361 e. The molecule has 3 aromatic heterocycles. The Hall–Kier alpha value is -8.22. The van der Waals surface area contributed by atoms with Crippen LogP contribution in [0.5, 0.6) is 0 Å². The van der Waals surface area contributed by atoms with Gasteiger partial charge in [0, 0.05) is 124 Å². The molecule has 6 heteroatoms. The van der Waals surface area contributed by atoms with Crippen LogP contribution < -0.4 is 14.7 Å². The van der Waals surface area contributed by atoms with E-state index in [1.807, 2.05) is 0 Å². The summed E-state index contributed by atoms with van der Waals surface area (Å²) in [6.07, 6.45) is 13.5. The number of nitrogens with zero attached hydrogens (tertiary/aromatic N) is 6. The third kappa shape index (κ3) is 13.2. The Morgan fingerprint density at radius 2 is 0.526 bits per heavy atom. The van der Waals surface area contributed by atoms with E-state index in [2.05, 4.69) is 381 Å². The summed E-state index contributed by atoms with van der Waals surface area (Å²) < 4.78 is 7.97. The van der Waals surface area contributed by atoms with E-state index < -0.39 is 0 Å². The number of anilines is 3. The van der Waals surface area contributed by atoms with Crippen LogP contribution in [0.25, 0.3) is 65.4 Å². The summed E-state index contributed by atoms with van der Waals surface area (Å²) in [5.74, 6) is 6.63. The van der Waals surface area contributed by atoms with Gasteiger partial charge < -0.3 is 28.4 Å². The smallest absolute Gasteiger partial charge is 0.0537 e. The average Bonchev–Trinajstić information content (AvgIpc) is 1.51. The number of para-hydroxylation sites is 9. The highest BCUT2D eigenvalue weighted by Crippen LogP contribution is 2.71. The van der Waals surface area contributed by atoms with E-state index >= 15 is 0 Å². The largest absolute Gasteiger partial charge is 0.361 e. The van der Waals surface area contributed by atoms with Crippen molar-refractivity contribution in [2.24, 2.45) is 39.9 Å². The lowest BCUT2D eigenvalue weighted by Crippen LogP contribution is -2.59. The van der Waals surface area contributed by atoms with Crippen molar-refractivity contribution in [3.05, 3.63) is 234 Å². The van der Waals surface area contributed by atoms with E-state index in [9.17, 15) is 0 Å². The van der Waals surface area contributed by atoms with Gasteiger partial charge in [-0.05, 0) is 246 Å². The highest BCUT2D eigenvalue weighted by atomic mass is 15.3. The maximum atomic E-state index is 3.05. The van der Waals surface area contributed by atoms with Crippen LogP contribution in [0.3, 0.4) is 0 Å². The molecule has 6 heterocycles. The van der Waals surface area contributed by atoms with Crippen LogP contribution >= 0.6 is 0 Å². The fraction of sp³-hybridized carbons (Fsp3) is 0.500. The highest BCUT2D eigenvalue weighted by molar-refractivity contribution is 6.10. The van der Waals surface area contributed by atoms with Crippen LogP contribution in [0.4, 0.5) is 17.1 Å². The first-order valence-electron chi connectivity index (χ1n) is 45.0. The molecule has 4 aliphatic carbocycles. The van der Waals surface area contributed by atoms with Crippen molar-refractivity contribution in [2.75, 3.05) is 14.7 Å². The lowest BCUT2D eigenvalue weighted by molar-refractivity contribution is -0.116. The minimum absolute atomic E-state index is 0.0710. The molecule has 3 saturated heterocycles. The maximum Gasteiger partial charge on any atom is 0.0537 e. The first-order chi connectivity index (χ1) is 54.4. The standard InChI is InChI=1S/C40H50N2.C35H46N2.C33H42N2/c1-25(2)31-14-11-15-32(26(3)4)38(31)42-37(23-41-35-16-9-7-12-33(35)34-13-8-10-17-36(34)41)40(24-39(42,5)6)29-19-27-18-28(21-29)22-30(40)20-27;1-9-35(10-2)23-34(7,8)37(33-26(24(3)4)18-15-19-27(33)25(5)6)32(35)22-36-30-20-13-11-16-28(30)29-17-12-14-21-31(29)36;1-22(2)24-16-13-17-25(23(3)4)31(24)35-30(32(5,6)21-33(35,7)8)20-34-28-18-11-9-14-26(28)27-15-10-12-19-29(27)34/h7-17,25-30,37H,18-24H2,1-6H3;11-21,24-25,32H,9-10,22-23H2,1-8H3;9-19,22-23,30H,20-21H2,1-8H3. The van der Waals surface area contributed by atoms with Gasteiger partial charge in [0.15, 0.2) is 0 Å². The zero-order valence-corrected chi connectivity index (χ0v) is 73.9. The zero-order valence-electron chi connectivity index (χ0n) is 73.9. The summed E-state index contributed by atoms with van der Waals surface area (Å²) in [6.45, 7) is 56.5. The van der Waals surface area contributed by atoms with Gasteiger partial charge in [0.2, 0.25) is 0 Å². The maximum absolute atomic E-state index is 3.05. The van der Waals surface area contributed by atoms with E-state index in [-0.39, 0.29) is 27.4 Å². The van der Waals surface area contributed by atoms with Crippen molar-refractivity contribution in [2.45, 2.75) is 306 Å². The molecule has 3 atom stereocenters. The van der Waals surface area contributed by atoms with Gasteiger partial charge in [-0.15, -0.1) is 0 Å². The number of aromatic nitrogens is 3. The topological polar surface area (TPSA) is 24.5 Å². The number of rotatable bonds is 17. The van der Waals surface area contributed by atoms with Gasteiger partial charge in [-0.2, -0.15) is 0 Å². The van der Waals surface area contributed by atoms with Crippen molar-refractivity contribution in [1.82, 2.24) is 13.7 Å². The van der Waals surface area contributed by atoms with Gasteiger partial charge in [-0.25, -0.2) is 0 Å². The van der Waals surface area contributed by atoms with E-state index in [0.29, 0.717) is 59.0 Å². The van der Waals surface area contributed by atoms with Crippen LogP contribution in [0.1, 0.15) is 285 Å². The molecule has 0 N–H and O–H groups in total. The number of hydrogen-bond acceptors (Lipinski definition) is 3. The Bertz CT molecular complexity index is 5220. The molecule has 12 aromatic rings. The summed E-state index contributed by atoms with van der Waals surface area (Å²) in [5, 5.41) is 8.25.